The molecular formula is C27H38F2N4O5. The number of allylic oxidation sites excluding steroid dienone is 1. The van der Waals surface area contributed by atoms with Crippen LogP contribution in [-0.4, -0.2) is 78.2 Å². The van der Waals surface area contributed by atoms with Gasteiger partial charge in [-0.2, -0.15) is 8.78 Å². The number of ether oxygens (including phenoxy) is 3. The molecule has 3 N–H and O–H groups in total. The molecule has 1 unspecified atom stereocenters. The molecule has 210 valence electrons. The number of nitrogens with one attached hydrogen (secondary N) is 2. The molecule has 0 bridgehead atoms. The maximum Gasteiger partial charge on any atom is 0.345 e. The van der Waals surface area contributed by atoms with Crippen LogP contribution in [0.2, 0.25) is 0 Å². The van der Waals surface area contributed by atoms with E-state index < -0.39 is 24.7 Å². The van der Waals surface area contributed by atoms with Crippen LogP contribution >= 0.6 is 0 Å². The Bertz CT molecular complexity index is 1110. The van der Waals surface area contributed by atoms with Crippen molar-refractivity contribution in [2.45, 2.75) is 70.5 Å². The van der Waals surface area contributed by atoms with Gasteiger partial charge in [0.25, 0.3) is 0 Å². The van der Waals surface area contributed by atoms with Gasteiger partial charge in [-0.1, -0.05) is 6.92 Å². The summed E-state index contributed by atoms with van der Waals surface area (Å²) < 4.78 is 44.6. The number of pyridine rings is 1. The number of methoxy groups -OCH3 is 1. The quantitative estimate of drug-likeness (QED) is 0.361. The van der Waals surface area contributed by atoms with E-state index in [1.807, 2.05) is 29.7 Å². The summed E-state index contributed by atoms with van der Waals surface area (Å²) in [7, 11) is 1.46. The average molecular weight is 537 g/mol. The molecule has 38 heavy (non-hydrogen) atoms. The molecule has 9 nitrogen and oxygen atoms in total. The number of amides is 1. The van der Waals surface area contributed by atoms with Crippen molar-refractivity contribution in [3.8, 4) is 5.75 Å². The zero-order chi connectivity index (χ0) is 27.2. The molecule has 2 aliphatic rings. The molecule has 2 aromatic heterocycles. The first-order valence-corrected chi connectivity index (χ1v) is 13.2. The van der Waals surface area contributed by atoms with Crippen molar-refractivity contribution >= 4 is 17.1 Å². The number of rotatable bonds is 13. The van der Waals surface area contributed by atoms with Crippen LogP contribution in [0.25, 0.3) is 11.2 Å². The summed E-state index contributed by atoms with van der Waals surface area (Å²) in [5.74, 6) is -0.624. The minimum absolute atomic E-state index is 0.0255. The molecule has 1 saturated carbocycles. The summed E-state index contributed by atoms with van der Waals surface area (Å²) >= 11 is 0. The van der Waals surface area contributed by atoms with Crippen molar-refractivity contribution in [3.63, 3.8) is 0 Å². The van der Waals surface area contributed by atoms with E-state index >= 15 is 0 Å². The first-order valence-electron chi connectivity index (χ1n) is 13.2. The molecular weight excluding hydrogens is 498 g/mol. The summed E-state index contributed by atoms with van der Waals surface area (Å²) in [6, 6.07) is 3.73. The van der Waals surface area contributed by atoms with E-state index in [0.717, 1.165) is 30.7 Å². The lowest BCUT2D eigenvalue weighted by Gasteiger charge is -2.30. The molecule has 1 aliphatic heterocycles. The van der Waals surface area contributed by atoms with Crippen LogP contribution in [-0.2, 0) is 14.3 Å². The third-order valence-electron chi connectivity index (χ3n) is 7.27. The van der Waals surface area contributed by atoms with Gasteiger partial charge in [-0.25, -0.2) is 4.98 Å². The number of aliphatic hydroxyl groups excluding tert-OH is 1. The summed E-state index contributed by atoms with van der Waals surface area (Å²) in [5.41, 5.74) is 2.20. The molecule has 0 spiro atoms. The molecule has 11 heteroatoms. The van der Waals surface area contributed by atoms with Gasteiger partial charge in [0, 0.05) is 37.9 Å². The van der Waals surface area contributed by atoms with Crippen molar-refractivity contribution in [1.82, 2.24) is 20.0 Å². The van der Waals surface area contributed by atoms with Gasteiger partial charge in [-0.15, -0.1) is 0 Å². The van der Waals surface area contributed by atoms with Crippen molar-refractivity contribution in [2.24, 2.45) is 11.8 Å². The van der Waals surface area contributed by atoms with Crippen LogP contribution in [0.5, 0.6) is 5.75 Å². The van der Waals surface area contributed by atoms with Gasteiger partial charge in [0.2, 0.25) is 5.91 Å². The fourth-order valence-electron chi connectivity index (χ4n) is 4.90. The SMILES string of the molecule is CC[C@H](OC(F)F)[C@H](C(=O)NC1CC1)C(/C=C(\C)c1cnc2cc(OC[C@@H]3CNCC[C@H]3O)ccn12)OC. The average Bonchev–Trinajstić information content (AvgIpc) is 3.61. The lowest BCUT2D eigenvalue weighted by Crippen LogP contribution is -2.46. The Balaban J connectivity index is 1.52. The summed E-state index contributed by atoms with van der Waals surface area (Å²) in [6.45, 7) is 2.50. The highest BCUT2D eigenvalue weighted by molar-refractivity contribution is 5.81. The smallest absolute Gasteiger partial charge is 0.345 e. The minimum Gasteiger partial charge on any atom is -0.493 e. The molecule has 1 saturated heterocycles. The first-order chi connectivity index (χ1) is 18.3. The van der Waals surface area contributed by atoms with Gasteiger partial charge in [0.15, 0.2) is 0 Å². The highest BCUT2D eigenvalue weighted by Crippen LogP contribution is 2.28. The number of hydrogen-bond donors (Lipinski definition) is 3. The zero-order valence-corrected chi connectivity index (χ0v) is 22.1. The van der Waals surface area contributed by atoms with E-state index in [0.29, 0.717) is 31.0 Å². The van der Waals surface area contributed by atoms with Gasteiger partial charge in [-0.3, -0.25) is 9.20 Å². The Morgan fingerprint density at radius 2 is 2.16 bits per heavy atom. The second kappa shape index (κ2) is 13.0. The number of fused-ring (bicyclic) bond motifs is 1. The number of hydrogen-bond acceptors (Lipinski definition) is 7. The second-order valence-electron chi connectivity index (χ2n) is 10.1. The monoisotopic (exact) mass is 536 g/mol. The summed E-state index contributed by atoms with van der Waals surface area (Å²) in [5, 5.41) is 16.4. The fourth-order valence-corrected chi connectivity index (χ4v) is 4.90. The summed E-state index contributed by atoms with van der Waals surface area (Å²) in [6.07, 6.45) is 5.82. The highest BCUT2D eigenvalue weighted by atomic mass is 19.3. The fraction of sp³-hybridized carbons (Fsp3) is 0.630. The predicted molar refractivity (Wildman–Crippen MR) is 138 cm³/mol. The maximum atomic E-state index is 13.2. The Morgan fingerprint density at radius 3 is 2.82 bits per heavy atom. The van der Waals surface area contributed by atoms with E-state index in [2.05, 4.69) is 15.6 Å². The van der Waals surface area contributed by atoms with Crippen molar-refractivity contribution in [3.05, 3.63) is 36.3 Å². The first kappa shape index (κ1) is 28.4. The number of imidazole rings is 1. The Kier molecular flexibility index (Phi) is 9.69. The Morgan fingerprint density at radius 1 is 1.37 bits per heavy atom. The predicted octanol–water partition coefficient (Wildman–Crippen LogP) is 3.01. The standard InChI is InChI=1S/C27H38F2N4O5/c1-4-22(38-27(28)29)25(26(35)32-18-5-6-18)23(36-3)11-16(2)20-14-31-24-12-19(8-10-33(20)24)37-15-17-13-30-9-7-21(17)34/h8,10-12,14,17-18,21-23,25,27,30,34H,4-7,9,13,15H2,1-3H3,(H,32,35)/b16-11+/t17-,21+,22-,23?,25-/m0/s1. The third kappa shape index (κ3) is 7.07. The third-order valence-corrected chi connectivity index (χ3v) is 7.27. The van der Waals surface area contributed by atoms with Crippen molar-refractivity contribution in [1.29, 1.82) is 0 Å². The van der Waals surface area contributed by atoms with Crippen LogP contribution in [0.3, 0.4) is 0 Å². The van der Waals surface area contributed by atoms with E-state index in [-0.39, 0.29) is 30.4 Å². The molecule has 1 aliphatic carbocycles. The molecule has 4 rings (SSSR count). The zero-order valence-electron chi connectivity index (χ0n) is 22.1. The van der Waals surface area contributed by atoms with Crippen LogP contribution < -0.4 is 15.4 Å². The number of aromatic nitrogens is 2. The van der Waals surface area contributed by atoms with Crippen molar-refractivity contribution in [2.75, 3.05) is 26.8 Å². The minimum atomic E-state index is -2.99. The summed E-state index contributed by atoms with van der Waals surface area (Å²) in [4.78, 5) is 17.6. The topological polar surface area (TPSA) is 106 Å². The number of alkyl halides is 2. The number of carbonyl (C=O) groups excluding carboxylic acids is 1. The molecule has 2 aromatic rings. The number of piperidine rings is 1. The number of nitrogens with zero attached hydrogens (tertiary/aromatic N) is 2. The molecule has 2 fully saturated rings. The second-order valence-corrected chi connectivity index (χ2v) is 10.1. The van der Waals surface area contributed by atoms with Gasteiger partial charge < -0.3 is 30.0 Å². The highest BCUT2D eigenvalue weighted by Gasteiger charge is 2.38. The van der Waals surface area contributed by atoms with E-state index in [9.17, 15) is 18.7 Å². The van der Waals surface area contributed by atoms with Gasteiger partial charge in [0.1, 0.15) is 11.4 Å². The molecule has 0 radical (unpaired) electrons. The van der Waals surface area contributed by atoms with Gasteiger partial charge >= 0.3 is 6.61 Å². The van der Waals surface area contributed by atoms with E-state index in [4.69, 9.17) is 14.2 Å². The van der Waals surface area contributed by atoms with Crippen LogP contribution in [0.15, 0.2) is 30.6 Å². The van der Waals surface area contributed by atoms with Crippen LogP contribution in [0.4, 0.5) is 8.78 Å². The normalized spacial score (nSPS) is 22.9. The van der Waals surface area contributed by atoms with E-state index in [1.165, 1.54) is 7.11 Å². The molecule has 3 heterocycles. The molecule has 0 aromatic carbocycles. The van der Waals surface area contributed by atoms with Crippen LogP contribution in [0.1, 0.15) is 45.2 Å². The Hall–Kier alpha value is -2.60. The Labute approximate surface area is 221 Å². The van der Waals surface area contributed by atoms with Gasteiger partial charge in [0.05, 0.1) is 42.7 Å². The molecule has 1 amide bonds. The van der Waals surface area contributed by atoms with Crippen molar-refractivity contribution < 1.29 is 32.9 Å². The van der Waals surface area contributed by atoms with Crippen LogP contribution in [0, 0.1) is 11.8 Å². The number of aliphatic hydroxyl groups is 1. The lowest BCUT2D eigenvalue weighted by molar-refractivity contribution is -0.188. The number of halogens is 2. The largest absolute Gasteiger partial charge is 0.493 e. The van der Waals surface area contributed by atoms with Gasteiger partial charge in [-0.05, 0) is 56.9 Å². The van der Waals surface area contributed by atoms with E-state index in [1.54, 1.807) is 19.2 Å². The number of carbonyl (C=O) groups is 1. The lowest BCUT2D eigenvalue weighted by atomic mass is 9.91. The maximum absolute atomic E-state index is 13.2. The molecule has 5 atom stereocenters.